The molecule has 1 aromatic heterocycles. The maximum atomic E-state index is 12.4. The summed E-state index contributed by atoms with van der Waals surface area (Å²) in [5.41, 5.74) is 0.747. The zero-order chi connectivity index (χ0) is 17.7. The number of carbonyl (C=O) groups is 2. The van der Waals surface area contributed by atoms with Gasteiger partial charge in [0.25, 0.3) is 5.91 Å². The van der Waals surface area contributed by atoms with Crippen LogP contribution < -0.4 is 10.1 Å². The quantitative estimate of drug-likeness (QED) is 0.851. The third kappa shape index (κ3) is 4.55. The average Bonchev–Trinajstić information content (AvgIpc) is 2.54. The van der Waals surface area contributed by atoms with E-state index >= 15 is 0 Å². The Morgan fingerprint density at radius 2 is 1.79 bits per heavy atom. The van der Waals surface area contributed by atoms with E-state index in [1.54, 1.807) is 7.11 Å². The van der Waals surface area contributed by atoms with Crippen molar-refractivity contribution in [3.8, 4) is 5.75 Å². The highest BCUT2D eigenvalue weighted by atomic mass is 16.5. The molecule has 0 aliphatic carbocycles. The molecule has 1 heterocycles. The molecule has 0 saturated heterocycles. The van der Waals surface area contributed by atoms with Crippen LogP contribution in [0.1, 0.15) is 40.1 Å². The summed E-state index contributed by atoms with van der Waals surface area (Å²) in [6.45, 7) is 3.81. The van der Waals surface area contributed by atoms with Gasteiger partial charge in [0.2, 0.25) is 0 Å². The van der Waals surface area contributed by atoms with Gasteiger partial charge in [-0.05, 0) is 44.0 Å². The largest absolute Gasteiger partial charge is 0.497 e. The average molecular weight is 328 g/mol. The van der Waals surface area contributed by atoms with Crippen LogP contribution in [0.15, 0.2) is 42.7 Å². The van der Waals surface area contributed by atoms with Crippen LogP contribution in [0, 0.1) is 0 Å². The van der Waals surface area contributed by atoms with E-state index in [9.17, 15) is 9.59 Å². The molecule has 0 atom stereocenters. The van der Waals surface area contributed by atoms with Crippen LogP contribution in [-0.4, -0.2) is 34.6 Å². The number of hydrogen-bond donors (Lipinski definition) is 2. The van der Waals surface area contributed by atoms with Gasteiger partial charge in [0.05, 0.1) is 18.2 Å². The van der Waals surface area contributed by atoms with Gasteiger partial charge in [-0.25, -0.2) is 4.79 Å². The molecule has 0 aliphatic heterocycles. The summed E-state index contributed by atoms with van der Waals surface area (Å²) >= 11 is 0. The van der Waals surface area contributed by atoms with Gasteiger partial charge in [0.1, 0.15) is 5.75 Å². The van der Waals surface area contributed by atoms with Gasteiger partial charge in [0.15, 0.2) is 0 Å². The summed E-state index contributed by atoms with van der Waals surface area (Å²) in [7, 11) is 1.61. The second-order valence-electron chi connectivity index (χ2n) is 6.13. The van der Waals surface area contributed by atoms with Crippen molar-refractivity contribution in [2.45, 2.75) is 25.8 Å². The Labute approximate surface area is 140 Å². The van der Waals surface area contributed by atoms with E-state index in [2.05, 4.69) is 10.3 Å². The fraction of sp³-hybridized carbons (Fsp3) is 0.278. The molecule has 0 unspecified atom stereocenters. The molecule has 0 radical (unpaired) electrons. The van der Waals surface area contributed by atoms with E-state index in [0.717, 1.165) is 11.3 Å². The Morgan fingerprint density at radius 3 is 2.38 bits per heavy atom. The van der Waals surface area contributed by atoms with Gasteiger partial charge in [0, 0.05) is 17.9 Å². The topological polar surface area (TPSA) is 88.5 Å². The highest BCUT2D eigenvalue weighted by Crippen LogP contribution is 2.17. The van der Waals surface area contributed by atoms with Crippen molar-refractivity contribution in [2.24, 2.45) is 0 Å². The number of pyridine rings is 1. The lowest BCUT2D eigenvalue weighted by molar-refractivity contribution is 0.0696. The molecule has 1 amide bonds. The van der Waals surface area contributed by atoms with Gasteiger partial charge in [-0.15, -0.1) is 0 Å². The smallest absolute Gasteiger partial charge is 0.337 e. The molecule has 2 aromatic rings. The minimum Gasteiger partial charge on any atom is -0.497 e. The first-order chi connectivity index (χ1) is 11.3. The SMILES string of the molecule is COc1ccc(CC(C)(C)NC(=O)c2cncc(C(=O)O)c2)cc1. The first kappa shape index (κ1) is 17.5. The van der Waals surface area contributed by atoms with Crippen LogP contribution in [0.3, 0.4) is 0 Å². The number of nitrogens with zero attached hydrogens (tertiary/aromatic N) is 1. The zero-order valence-electron chi connectivity index (χ0n) is 13.9. The summed E-state index contributed by atoms with van der Waals surface area (Å²) < 4.78 is 5.13. The predicted molar refractivity (Wildman–Crippen MR) is 89.4 cm³/mol. The van der Waals surface area contributed by atoms with E-state index in [0.29, 0.717) is 6.42 Å². The minimum absolute atomic E-state index is 0.0180. The van der Waals surface area contributed by atoms with E-state index in [-0.39, 0.29) is 17.0 Å². The lowest BCUT2D eigenvalue weighted by atomic mass is 9.94. The third-order valence-corrected chi connectivity index (χ3v) is 3.50. The Balaban J connectivity index is 2.08. The zero-order valence-corrected chi connectivity index (χ0v) is 13.9. The predicted octanol–water partition coefficient (Wildman–Crippen LogP) is 2.54. The molecule has 0 bridgehead atoms. The highest BCUT2D eigenvalue weighted by molar-refractivity contribution is 5.97. The summed E-state index contributed by atoms with van der Waals surface area (Å²) in [4.78, 5) is 27.1. The van der Waals surface area contributed by atoms with Crippen molar-refractivity contribution < 1.29 is 19.4 Å². The van der Waals surface area contributed by atoms with Gasteiger partial charge < -0.3 is 15.2 Å². The number of ether oxygens (including phenoxy) is 1. The normalized spacial score (nSPS) is 11.0. The fourth-order valence-corrected chi connectivity index (χ4v) is 2.36. The molecule has 1 aromatic carbocycles. The van der Waals surface area contributed by atoms with Crippen LogP contribution >= 0.6 is 0 Å². The number of amides is 1. The number of benzene rings is 1. The summed E-state index contributed by atoms with van der Waals surface area (Å²) in [5, 5.41) is 11.9. The molecule has 2 N–H and O–H groups in total. The van der Waals surface area contributed by atoms with Crippen LogP contribution in [-0.2, 0) is 6.42 Å². The number of rotatable bonds is 6. The van der Waals surface area contributed by atoms with Crippen molar-refractivity contribution in [3.63, 3.8) is 0 Å². The van der Waals surface area contributed by atoms with Crippen molar-refractivity contribution in [3.05, 3.63) is 59.4 Å². The highest BCUT2D eigenvalue weighted by Gasteiger charge is 2.22. The number of carboxylic acids is 1. The van der Waals surface area contributed by atoms with Crippen molar-refractivity contribution in [1.82, 2.24) is 10.3 Å². The lowest BCUT2D eigenvalue weighted by Gasteiger charge is -2.26. The van der Waals surface area contributed by atoms with Crippen LogP contribution in [0.25, 0.3) is 0 Å². The molecule has 2 rings (SSSR count). The molecule has 0 aliphatic rings. The van der Waals surface area contributed by atoms with Gasteiger partial charge in [-0.3, -0.25) is 9.78 Å². The van der Waals surface area contributed by atoms with E-state index in [1.807, 2.05) is 38.1 Å². The molecule has 126 valence electrons. The molecule has 24 heavy (non-hydrogen) atoms. The van der Waals surface area contributed by atoms with E-state index < -0.39 is 11.5 Å². The number of methoxy groups -OCH3 is 1. The minimum atomic E-state index is -1.12. The standard InChI is InChI=1S/C18H20N2O4/c1-18(2,9-12-4-6-15(24-3)7-5-12)20-16(21)13-8-14(17(22)23)11-19-10-13/h4-8,10-11H,9H2,1-3H3,(H,20,21)(H,22,23). The van der Waals surface area contributed by atoms with Crippen LogP contribution in [0.5, 0.6) is 5.75 Å². The maximum absolute atomic E-state index is 12.4. The number of nitrogens with one attached hydrogen (secondary N) is 1. The number of aromatic carboxylic acids is 1. The van der Waals surface area contributed by atoms with Crippen molar-refractivity contribution in [1.29, 1.82) is 0 Å². The van der Waals surface area contributed by atoms with Crippen molar-refractivity contribution >= 4 is 11.9 Å². The first-order valence-electron chi connectivity index (χ1n) is 7.44. The molecule has 0 spiro atoms. The molecular weight excluding hydrogens is 308 g/mol. The third-order valence-electron chi connectivity index (χ3n) is 3.50. The summed E-state index contributed by atoms with van der Waals surface area (Å²) in [6, 6.07) is 8.94. The Kier molecular flexibility index (Phi) is 5.18. The monoisotopic (exact) mass is 328 g/mol. The maximum Gasteiger partial charge on any atom is 0.337 e. The van der Waals surface area contributed by atoms with Crippen LogP contribution in [0.2, 0.25) is 0 Å². The molecule has 6 heteroatoms. The summed E-state index contributed by atoms with van der Waals surface area (Å²) in [5.74, 6) is -0.698. The van der Waals surface area contributed by atoms with Crippen molar-refractivity contribution in [2.75, 3.05) is 7.11 Å². The number of carbonyl (C=O) groups excluding carboxylic acids is 1. The summed E-state index contributed by atoms with van der Waals surface area (Å²) in [6.07, 6.45) is 3.18. The molecule has 6 nitrogen and oxygen atoms in total. The first-order valence-corrected chi connectivity index (χ1v) is 7.44. The molecule has 0 saturated carbocycles. The Hall–Kier alpha value is -2.89. The van der Waals surface area contributed by atoms with Gasteiger partial charge in [-0.2, -0.15) is 0 Å². The second kappa shape index (κ2) is 7.12. The van der Waals surface area contributed by atoms with Crippen LogP contribution in [0.4, 0.5) is 0 Å². The fourth-order valence-electron chi connectivity index (χ4n) is 2.36. The Bertz CT molecular complexity index is 739. The second-order valence-corrected chi connectivity index (χ2v) is 6.13. The number of aromatic nitrogens is 1. The molecule has 0 fully saturated rings. The number of carboxylic acid groups (broad SMARTS) is 1. The van der Waals surface area contributed by atoms with E-state index in [1.165, 1.54) is 18.5 Å². The molecular formula is C18H20N2O4. The number of hydrogen-bond acceptors (Lipinski definition) is 4. The lowest BCUT2D eigenvalue weighted by Crippen LogP contribution is -2.45. The van der Waals surface area contributed by atoms with Gasteiger partial charge in [-0.1, -0.05) is 12.1 Å². The Morgan fingerprint density at radius 1 is 1.17 bits per heavy atom. The van der Waals surface area contributed by atoms with Gasteiger partial charge >= 0.3 is 5.97 Å². The van der Waals surface area contributed by atoms with E-state index in [4.69, 9.17) is 9.84 Å².